The molecule has 0 radical (unpaired) electrons. The number of aryl methyl sites for hydroxylation is 1. The van der Waals surface area contributed by atoms with Gasteiger partial charge in [-0.25, -0.2) is 9.97 Å². The van der Waals surface area contributed by atoms with E-state index in [2.05, 4.69) is 9.97 Å². The van der Waals surface area contributed by atoms with E-state index >= 15 is 0 Å². The minimum atomic E-state index is 0.420. The number of rotatable bonds is 4. The van der Waals surface area contributed by atoms with Crippen LogP contribution in [-0.2, 0) is 11.6 Å². The number of hydrogen-bond donors (Lipinski definition) is 0. The van der Waals surface area contributed by atoms with Gasteiger partial charge in [-0.2, -0.15) is 0 Å². The highest BCUT2D eigenvalue weighted by molar-refractivity contribution is 7.98. The first-order valence-corrected chi connectivity index (χ1v) is 7.34. The summed E-state index contributed by atoms with van der Waals surface area (Å²) in [4.78, 5) is 9.84. The van der Waals surface area contributed by atoms with Gasteiger partial charge in [0.05, 0.1) is 17.3 Å². The van der Waals surface area contributed by atoms with Crippen molar-refractivity contribution in [1.29, 1.82) is 0 Å². The molecule has 0 saturated heterocycles. The Hall–Kier alpha value is -0.770. The second-order valence-corrected chi connectivity index (χ2v) is 5.55. The van der Waals surface area contributed by atoms with Crippen molar-refractivity contribution in [2.75, 3.05) is 0 Å². The van der Waals surface area contributed by atoms with Gasteiger partial charge < -0.3 is 0 Å². The van der Waals surface area contributed by atoms with Crippen LogP contribution in [-0.4, -0.2) is 9.97 Å². The van der Waals surface area contributed by atoms with E-state index in [0.717, 1.165) is 27.0 Å². The van der Waals surface area contributed by atoms with Crippen molar-refractivity contribution >= 4 is 35.0 Å². The van der Waals surface area contributed by atoms with Gasteiger partial charge in [0, 0.05) is 16.1 Å². The predicted molar refractivity (Wildman–Crippen MR) is 77.3 cm³/mol. The number of thioether (sulfide) groups is 1. The molecule has 94 valence electrons. The highest BCUT2D eigenvalue weighted by Gasteiger charge is 2.04. The van der Waals surface area contributed by atoms with Gasteiger partial charge in [-0.05, 0) is 30.7 Å². The van der Waals surface area contributed by atoms with Crippen molar-refractivity contribution in [2.24, 2.45) is 0 Å². The minimum Gasteiger partial charge on any atom is -0.240 e. The van der Waals surface area contributed by atoms with Crippen LogP contribution in [0.15, 0.2) is 35.4 Å². The second kappa shape index (κ2) is 6.41. The van der Waals surface area contributed by atoms with E-state index in [1.165, 1.54) is 0 Å². The molecule has 0 spiro atoms. The van der Waals surface area contributed by atoms with E-state index in [1.807, 2.05) is 37.4 Å². The normalized spacial score (nSPS) is 10.6. The van der Waals surface area contributed by atoms with Crippen LogP contribution in [0.3, 0.4) is 0 Å². The lowest BCUT2D eigenvalue weighted by molar-refractivity contribution is 0.962. The summed E-state index contributed by atoms with van der Waals surface area (Å²) in [5.74, 6) is 1.93. The Morgan fingerprint density at radius 3 is 2.89 bits per heavy atom. The highest BCUT2D eigenvalue weighted by atomic mass is 35.5. The Morgan fingerprint density at radius 1 is 1.33 bits per heavy atom. The van der Waals surface area contributed by atoms with Crippen molar-refractivity contribution in [3.8, 4) is 0 Å². The van der Waals surface area contributed by atoms with Crippen LogP contribution in [0.4, 0.5) is 0 Å². The van der Waals surface area contributed by atoms with Gasteiger partial charge in [0.15, 0.2) is 0 Å². The molecular weight excluding hydrogens is 287 g/mol. The lowest BCUT2D eigenvalue weighted by Gasteiger charge is -2.05. The average Bonchev–Trinajstić information content (AvgIpc) is 2.38. The molecule has 1 aromatic carbocycles. The quantitative estimate of drug-likeness (QED) is 0.615. The van der Waals surface area contributed by atoms with Crippen molar-refractivity contribution < 1.29 is 0 Å². The Labute approximate surface area is 121 Å². The standard InChI is InChI=1S/C13H12Cl2N2S/c1-9-7-16-13(17-12(9)6-14)8-18-11-4-2-3-10(15)5-11/h2-5,7H,6,8H2,1H3. The summed E-state index contributed by atoms with van der Waals surface area (Å²) >= 11 is 13.4. The molecule has 1 aromatic heterocycles. The third-order valence-electron chi connectivity index (χ3n) is 2.42. The first-order valence-electron chi connectivity index (χ1n) is 5.45. The lowest BCUT2D eigenvalue weighted by atomic mass is 10.3. The summed E-state index contributed by atoms with van der Waals surface area (Å²) < 4.78 is 0. The molecule has 0 saturated carbocycles. The molecule has 0 fully saturated rings. The van der Waals surface area contributed by atoms with Crippen molar-refractivity contribution in [1.82, 2.24) is 9.97 Å². The fraction of sp³-hybridized carbons (Fsp3) is 0.231. The maximum Gasteiger partial charge on any atom is 0.138 e. The van der Waals surface area contributed by atoms with E-state index in [0.29, 0.717) is 11.6 Å². The van der Waals surface area contributed by atoms with Crippen LogP contribution in [0, 0.1) is 6.92 Å². The molecule has 5 heteroatoms. The molecule has 0 unspecified atom stereocenters. The van der Waals surface area contributed by atoms with Crippen LogP contribution in [0.1, 0.15) is 17.1 Å². The molecule has 18 heavy (non-hydrogen) atoms. The number of hydrogen-bond acceptors (Lipinski definition) is 3. The first-order chi connectivity index (χ1) is 8.69. The van der Waals surface area contributed by atoms with Crippen molar-refractivity contribution in [3.05, 3.63) is 52.6 Å². The summed E-state index contributed by atoms with van der Waals surface area (Å²) in [6.45, 7) is 1.96. The Morgan fingerprint density at radius 2 is 2.17 bits per heavy atom. The fourth-order valence-electron chi connectivity index (χ4n) is 1.43. The van der Waals surface area contributed by atoms with E-state index in [-0.39, 0.29) is 0 Å². The zero-order valence-corrected chi connectivity index (χ0v) is 12.2. The Balaban J connectivity index is 2.06. The summed E-state index contributed by atoms with van der Waals surface area (Å²) in [7, 11) is 0. The summed E-state index contributed by atoms with van der Waals surface area (Å²) in [6.07, 6.45) is 1.82. The van der Waals surface area contributed by atoms with E-state index < -0.39 is 0 Å². The molecule has 0 aliphatic heterocycles. The van der Waals surface area contributed by atoms with E-state index in [1.54, 1.807) is 11.8 Å². The molecule has 2 nitrogen and oxygen atoms in total. The SMILES string of the molecule is Cc1cnc(CSc2cccc(Cl)c2)nc1CCl. The number of nitrogens with zero attached hydrogens (tertiary/aromatic N) is 2. The largest absolute Gasteiger partial charge is 0.240 e. The van der Waals surface area contributed by atoms with Crippen LogP contribution in [0.5, 0.6) is 0 Å². The molecular formula is C13H12Cl2N2S. The fourth-order valence-corrected chi connectivity index (χ4v) is 2.77. The molecule has 0 atom stereocenters. The smallest absolute Gasteiger partial charge is 0.138 e. The predicted octanol–water partition coefficient (Wildman–Crippen LogP) is 4.47. The maximum absolute atomic E-state index is 5.93. The number of halogens is 2. The van der Waals surface area contributed by atoms with Crippen molar-refractivity contribution in [3.63, 3.8) is 0 Å². The number of aromatic nitrogens is 2. The third kappa shape index (κ3) is 3.61. The van der Waals surface area contributed by atoms with E-state index in [4.69, 9.17) is 23.2 Å². The zero-order chi connectivity index (χ0) is 13.0. The van der Waals surface area contributed by atoms with Crippen LogP contribution < -0.4 is 0 Å². The lowest BCUT2D eigenvalue weighted by Crippen LogP contribution is -1.99. The van der Waals surface area contributed by atoms with Gasteiger partial charge in [-0.1, -0.05) is 17.7 Å². The molecule has 2 aromatic rings. The maximum atomic E-state index is 5.93. The molecule has 0 aliphatic carbocycles. The van der Waals surface area contributed by atoms with Gasteiger partial charge in [0.1, 0.15) is 5.82 Å². The molecule has 2 rings (SSSR count). The summed E-state index contributed by atoms with van der Waals surface area (Å²) in [6, 6.07) is 7.75. The molecule has 0 N–H and O–H groups in total. The third-order valence-corrected chi connectivity index (χ3v) is 3.90. The van der Waals surface area contributed by atoms with Crippen molar-refractivity contribution in [2.45, 2.75) is 23.5 Å². The first kappa shape index (κ1) is 13.7. The zero-order valence-electron chi connectivity index (χ0n) is 9.86. The van der Waals surface area contributed by atoms with Gasteiger partial charge in [-0.3, -0.25) is 0 Å². The van der Waals surface area contributed by atoms with Crippen LogP contribution in [0.2, 0.25) is 5.02 Å². The Bertz CT molecular complexity index is 546. The van der Waals surface area contributed by atoms with Gasteiger partial charge in [-0.15, -0.1) is 23.4 Å². The molecule has 0 aliphatic rings. The monoisotopic (exact) mass is 298 g/mol. The second-order valence-electron chi connectivity index (χ2n) is 3.80. The topological polar surface area (TPSA) is 25.8 Å². The van der Waals surface area contributed by atoms with Gasteiger partial charge >= 0.3 is 0 Å². The molecule has 0 bridgehead atoms. The highest BCUT2D eigenvalue weighted by Crippen LogP contribution is 2.24. The Kier molecular flexibility index (Phi) is 4.87. The molecule has 1 heterocycles. The summed E-state index contributed by atoms with van der Waals surface area (Å²) in [5.41, 5.74) is 1.93. The number of benzene rings is 1. The van der Waals surface area contributed by atoms with E-state index in [9.17, 15) is 0 Å². The summed E-state index contributed by atoms with van der Waals surface area (Å²) in [5, 5.41) is 0.742. The van der Waals surface area contributed by atoms with Gasteiger partial charge in [0.2, 0.25) is 0 Å². The van der Waals surface area contributed by atoms with Crippen LogP contribution >= 0.6 is 35.0 Å². The minimum absolute atomic E-state index is 0.420. The molecule has 0 amide bonds. The van der Waals surface area contributed by atoms with Gasteiger partial charge in [0.25, 0.3) is 0 Å². The van der Waals surface area contributed by atoms with Crippen LogP contribution in [0.25, 0.3) is 0 Å². The number of alkyl halides is 1. The average molecular weight is 299 g/mol.